The van der Waals surface area contributed by atoms with E-state index in [1.54, 1.807) is 6.92 Å². The molecule has 2 N–H and O–H groups in total. The van der Waals surface area contributed by atoms with E-state index in [0.717, 1.165) is 46.4 Å². The zero-order valence-corrected chi connectivity index (χ0v) is 16.7. The van der Waals surface area contributed by atoms with E-state index >= 15 is 0 Å². The number of nitrogens with one attached hydrogen (secondary N) is 2. The fourth-order valence-electron chi connectivity index (χ4n) is 3.85. The van der Waals surface area contributed by atoms with E-state index in [4.69, 9.17) is 4.74 Å². The number of amides is 2. The lowest BCUT2D eigenvalue weighted by molar-refractivity contribution is -0.129. The Labute approximate surface area is 169 Å². The van der Waals surface area contributed by atoms with Crippen LogP contribution in [0.2, 0.25) is 0 Å². The number of aromatic amines is 1. The number of para-hydroxylation sites is 1. The number of aromatic nitrogens is 1. The van der Waals surface area contributed by atoms with Crippen LogP contribution >= 0.6 is 0 Å². The van der Waals surface area contributed by atoms with Crippen LogP contribution in [0.15, 0.2) is 42.5 Å². The first-order valence-electron chi connectivity index (χ1n) is 9.94. The molecule has 0 saturated heterocycles. The van der Waals surface area contributed by atoms with Gasteiger partial charge in [0, 0.05) is 66.3 Å². The summed E-state index contributed by atoms with van der Waals surface area (Å²) in [5, 5.41) is 3.99. The Kier molecular flexibility index (Phi) is 5.25. The van der Waals surface area contributed by atoms with Crippen LogP contribution in [0.4, 0.5) is 0 Å². The monoisotopic (exact) mass is 391 g/mol. The van der Waals surface area contributed by atoms with Gasteiger partial charge in [0.05, 0.1) is 6.61 Å². The maximum atomic E-state index is 12.8. The average Bonchev–Trinajstić information content (AvgIpc) is 3.10. The summed E-state index contributed by atoms with van der Waals surface area (Å²) in [6.45, 7) is 5.82. The predicted octanol–water partition coefficient (Wildman–Crippen LogP) is 3.40. The summed E-state index contributed by atoms with van der Waals surface area (Å²) in [6.07, 6.45) is 0.805. The highest BCUT2D eigenvalue weighted by Crippen LogP contribution is 2.28. The third-order valence-electron chi connectivity index (χ3n) is 5.39. The summed E-state index contributed by atoms with van der Waals surface area (Å²) in [7, 11) is 0. The van der Waals surface area contributed by atoms with Gasteiger partial charge >= 0.3 is 0 Å². The number of nitrogens with zero attached hydrogens (tertiary/aromatic N) is 1. The summed E-state index contributed by atoms with van der Waals surface area (Å²) in [5.41, 5.74) is 4.81. The molecule has 4 rings (SSSR count). The predicted molar refractivity (Wildman–Crippen MR) is 112 cm³/mol. The van der Waals surface area contributed by atoms with Gasteiger partial charge in [-0.1, -0.05) is 18.2 Å². The molecule has 0 radical (unpaired) electrons. The van der Waals surface area contributed by atoms with E-state index in [0.29, 0.717) is 25.3 Å². The summed E-state index contributed by atoms with van der Waals surface area (Å²) < 4.78 is 5.63. The second-order valence-corrected chi connectivity index (χ2v) is 7.26. The SMILES string of the molecule is CCOc1ccccc1CNC(=O)c1ccc2[nH]c3c(c2c1)CN(C(C)=O)CC3. The Morgan fingerprint density at radius 2 is 2.03 bits per heavy atom. The first kappa shape index (κ1) is 19.1. The van der Waals surface area contributed by atoms with E-state index in [1.165, 1.54) is 0 Å². The van der Waals surface area contributed by atoms with Crippen molar-refractivity contribution in [3.8, 4) is 5.75 Å². The van der Waals surface area contributed by atoms with Crippen molar-refractivity contribution in [3.63, 3.8) is 0 Å². The van der Waals surface area contributed by atoms with Crippen LogP contribution in [0, 0.1) is 0 Å². The number of hydrogen-bond donors (Lipinski definition) is 2. The lowest BCUT2D eigenvalue weighted by Gasteiger charge is -2.26. The standard InChI is InChI=1S/C23H25N3O3/c1-3-29-22-7-5-4-6-17(22)13-24-23(28)16-8-9-20-18(12-16)19-14-26(15(2)27)11-10-21(19)25-20/h4-9,12,25H,3,10-11,13-14H2,1-2H3,(H,24,28). The topological polar surface area (TPSA) is 74.4 Å². The summed E-state index contributed by atoms with van der Waals surface area (Å²) in [4.78, 5) is 29.8. The van der Waals surface area contributed by atoms with Crippen molar-refractivity contribution in [2.45, 2.75) is 33.4 Å². The van der Waals surface area contributed by atoms with Crippen molar-refractivity contribution in [3.05, 3.63) is 64.8 Å². The Morgan fingerprint density at radius 1 is 1.21 bits per heavy atom. The van der Waals surface area contributed by atoms with E-state index in [2.05, 4.69) is 10.3 Å². The molecule has 0 atom stereocenters. The molecule has 0 fully saturated rings. The van der Waals surface area contributed by atoms with Crippen LogP contribution in [0.1, 0.15) is 41.0 Å². The molecule has 3 aromatic rings. The van der Waals surface area contributed by atoms with Gasteiger partial charge in [-0.3, -0.25) is 9.59 Å². The highest BCUT2D eigenvalue weighted by Gasteiger charge is 2.22. The van der Waals surface area contributed by atoms with Gasteiger partial charge in [-0.15, -0.1) is 0 Å². The van der Waals surface area contributed by atoms with Crippen molar-refractivity contribution in [2.75, 3.05) is 13.2 Å². The molecular formula is C23H25N3O3. The molecular weight excluding hydrogens is 366 g/mol. The molecule has 1 aliphatic heterocycles. The molecule has 0 bridgehead atoms. The Balaban J connectivity index is 1.54. The zero-order valence-electron chi connectivity index (χ0n) is 16.7. The van der Waals surface area contributed by atoms with E-state index in [1.807, 2.05) is 54.3 Å². The summed E-state index contributed by atoms with van der Waals surface area (Å²) in [5.74, 6) is 0.731. The quantitative estimate of drug-likeness (QED) is 0.700. The zero-order chi connectivity index (χ0) is 20.4. The molecule has 1 aromatic heterocycles. The van der Waals surface area contributed by atoms with Crippen molar-refractivity contribution < 1.29 is 14.3 Å². The van der Waals surface area contributed by atoms with Crippen molar-refractivity contribution in [1.82, 2.24) is 15.2 Å². The van der Waals surface area contributed by atoms with Crippen LogP contribution in [0.25, 0.3) is 10.9 Å². The molecule has 1 aliphatic rings. The molecule has 2 heterocycles. The van der Waals surface area contributed by atoms with Crippen LogP contribution in [-0.2, 0) is 24.3 Å². The number of carbonyl (C=O) groups excluding carboxylic acids is 2. The molecule has 29 heavy (non-hydrogen) atoms. The number of H-pyrrole nitrogens is 1. The number of benzene rings is 2. The minimum absolute atomic E-state index is 0.0758. The van der Waals surface area contributed by atoms with E-state index < -0.39 is 0 Å². The molecule has 2 amide bonds. The van der Waals surface area contributed by atoms with Gasteiger partial charge < -0.3 is 19.9 Å². The first-order chi connectivity index (χ1) is 14.1. The van der Waals surface area contributed by atoms with Crippen molar-refractivity contribution >= 4 is 22.7 Å². The number of fused-ring (bicyclic) bond motifs is 3. The highest BCUT2D eigenvalue weighted by molar-refractivity contribution is 5.99. The molecule has 6 heteroatoms. The molecule has 6 nitrogen and oxygen atoms in total. The van der Waals surface area contributed by atoms with Crippen LogP contribution in [-0.4, -0.2) is 34.8 Å². The number of hydrogen-bond acceptors (Lipinski definition) is 3. The van der Waals surface area contributed by atoms with E-state index in [-0.39, 0.29) is 11.8 Å². The summed E-state index contributed by atoms with van der Waals surface area (Å²) >= 11 is 0. The Hall–Kier alpha value is -3.28. The van der Waals surface area contributed by atoms with Gasteiger partial charge in [0.1, 0.15) is 5.75 Å². The second kappa shape index (κ2) is 7.99. The van der Waals surface area contributed by atoms with Crippen molar-refractivity contribution in [2.24, 2.45) is 0 Å². The third kappa shape index (κ3) is 3.83. The minimum atomic E-state index is -0.132. The molecule has 0 unspecified atom stereocenters. The first-order valence-corrected chi connectivity index (χ1v) is 9.94. The highest BCUT2D eigenvalue weighted by atomic mass is 16.5. The molecule has 0 saturated carbocycles. The average molecular weight is 391 g/mol. The normalized spacial score (nSPS) is 13.2. The second-order valence-electron chi connectivity index (χ2n) is 7.26. The van der Waals surface area contributed by atoms with Gasteiger partial charge in [-0.05, 0) is 31.2 Å². The Morgan fingerprint density at radius 3 is 2.83 bits per heavy atom. The number of rotatable bonds is 5. The van der Waals surface area contributed by atoms with E-state index in [9.17, 15) is 9.59 Å². The fourth-order valence-corrected chi connectivity index (χ4v) is 3.85. The Bertz CT molecular complexity index is 1070. The van der Waals surface area contributed by atoms with Gasteiger partial charge in [-0.25, -0.2) is 0 Å². The van der Waals surface area contributed by atoms with Crippen LogP contribution < -0.4 is 10.1 Å². The van der Waals surface area contributed by atoms with Crippen LogP contribution in [0.3, 0.4) is 0 Å². The maximum Gasteiger partial charge on any atom is 0.251 e. The summed E-state index contributed by atoms with van der Waals surface area (Å²) in [6, 6.07) is 13.4. The van der Waals surface area contributed by atoms with Gasteiger partial charge in [-0.2, -0.15) is 0 Å². The molecule has 150 valence electrons. The van der Waals surface area contributed by atoms with Crippen molar-refractivity contribution in [1.29, 1.82) is 0 Å². The number of carbonyl (C=O) groups is 2. The van der Waals surface area contributed by atoms with Crippen LogP contribution in [0.5, 0.6) is 5.75 Å². The van der Waals surface area contributed by atoms with Gasteiger partial charge in [0.2, 0.25) is 5.91 Å². The molecule has 2 aromatic carbocycles. The molecule has 0 spiro atoms. The smallest absolute Gasteiger partial charge is 0.251 e. The maximum absolute atomic E-state index is 12.8. The number of ether oxygens (including phenoxy) is 1. The largest absolute Gasteiger partial charge is 0.494 e. The van der Waals surface area contributed by atoms with Gasteiger partial charge in [0.25, 0.3) is 5.91 Å². The van der Waals surface area contributed by atoms with Gasteiger partial charge in [0.15, 0.2) is 0 Å². The lowest BCUT2D eigenvalue weighted by Crippen LogP contribution is -2.33. The lowest BCUT2D eigenvalue weighted by atomic mass is 10.0. The minimum Gasteiger partial charge on any atom is -0.494 e. The third-order valence-corrected chi connectivity index (χ3v) is 5.39. The fraction of sp³-hybridized carbons (Fsp3) is 0.304. The molecule has 0 aliphatic carbocycles.